The van der Waals surface area contributed by atoms with Crippen LogP contribution in [0, 0.1) is 11.3 Å². The Morgan fingerprint density at radius 3 is 2.16 bits per heavy atom. The monoisotopic (exact) mass is 433 g/mol. The van der Waals surface area contributed by atoms with Gasteiger partial charge in [-0.3, -0.25) is 4.90 Å². The van der Waals surface area contributed by atoms with Crippen molar-refractivity contribution in [3.63, 3.8) is 0 Å². The molecule has 0 N–H and O–H groups in total. The summed E-state index contributed by atoms with van der Waals surface area (Å²) in [5.74, 6) is 0.643. The summed E-state index contributed by atoms with van der Waals surface area (Å²) in [6, 6.07) is 21.6. The molecule has 31 heavy (non-hydrogen) atoms. The van der Waals surface area contributed by atoms with E-state index in [1.165, 1.54) is 11.0 Å². The number of urea groups is 1. The molecule has 3 aromatic rings. The summed E-state index contributed by atoms with van der Waals surface area (Å²) in [4.78, 5) is 14.9. The van der Waals surface area contributed by atoms with Crippen molar-refractivity contribution in [1.82, 2.24) is 4.31 Å². The standard InChI is InChI=1S/C23H19N3O4S/c1-30-20-12-10-19(11-13-20)16-26-23(27)25(15-18-8-6-17(14-24)7-9-18)21-4-2-3-5-22(21)31(26,28)29/h2-13H,15-16H2,1H3. The minimum absolute atomic E-state index is 0.0803. The molecule has 0 saturated carbocycles. The number of methoxy groups -OCH3 is 1. The van der Waals surface area contributed by atoms with Crippen LogP contribution in [0.4, 0.5) is 10.5 Å². The maximum absolute atomic E-state index is 13.4. The number of hydrogen-bond donors (Lipinski definition) is 0. The van der Waals surface area contributed by atoms with Gasteiger partial charge in [0.05, 0.1) is 37.5 Å². The fourth-order valence-electron chi connectivity index (χ4n) is 3.43. The zero-order valence-electron chi connectivity index (χ0n) is 16.7. The van der Waals surface area contributed by atoms with Crippen LogP contribution in [-0.2, 0) is 23.1 Å². The lowest BCUT2D eigenvalue weighted by Gasteiger charge is -2.36. The van der Waals surface area contributed by atoms with Gasteiger partial charge in [0, 0.05) is 0 Å². The third kappa shape index (κ3) is 3.83. The van der Waals surface area contributed by atoms with E-state index in [1.807, 2.05) is 0 Å². The third-order valence-corrected chi connectivity index (χ3v) is 6.84. The Hall–Kier alpha value is -3.83. The molecule has 0 saturated heterocycles. The molecule has 7 nitrogen and oxygen atoms in total. The van der Waals surface area contributed by atoms with Gasteiger partial charge in [0.2, 0.25) is 0 Å². The van der Waals surface area contributed by atoms with Crippen molar-refractivity contribution in [3.8, 4) is 11.8 Å². The van der Waals surface area contributed by atoms with Crippen molar-refractivity contribution in [2.24, 2.45) is 0 Å². The van der Waals surface area contributed by atoms with Gasteiger partial charge in [-0.15, -0.1) is 0 Å². The molecule has 0 bridgehead atoms. The molecular weight excluding hydrogens is 414 g/mol. The molecule has 3 aromatic carbocycles. The van der Waals surface area contributed by atoms with Gasteiger partial charge in [0.1, 0.15) is 10.6 Å². The topological polar surface area (TPSA) is 90.7 Å². The number of carbonyl (C=O) groups is 1. The van der Waals surface area contributed by atoms with Gasteiger partial charge in [-0.25, -0.2) is 17.5 Å². The summed E-state index contributed by atoms with van der Waals surface area (Å²) >= 11 is 0. The Morgan fingerprint density at radius 1 is 0.903 bits per heavy atom. The summed E-state index contributed by atoms with van der Waals surface area (Å²) in [5, 5.41) is 8.99. The van der Waals surface area contributed by atoms with Gasteiger partial charge in [0.25, 0.3) is 10.0 Å². The molecule has 4 rings (SSSR count). The summed E-state index contributed by atoms with van der Waals surface area (Å²) in [5.41, 5.74) is 2.29. The first-order valence-electron chi connectivity index (χ1n) is 9.49. The number of carbonyl (C=O) groups excluding carboxylic acids is 1. The number of anilines is 1. The molecule has 2 amide bonds. The fraction of sp³-hybridized carbons (Fsp3) is 0.130. The smallest absolute Gasteiger partial charge is 0.339 e. The summed E-state index contributed by atoms with van der Waals surface area (Å²) in [6.45, 7) is 0.0829. The van der Waals surface area contributed by atoms with E-state index in [1.54, 1.807) is 73.8 Å². The number of rotatable bonds is 5. The highest BCUT2D eigenvalue weighted by atomic mass is 32.2. The van der Waals surface area contributed by atoms with Crippen LogP contribution in [0.2, 0.25) is 0 Å². The van der Waals surface area contributed by atoms with Crippen molar-refractivity contribution in [2.75, 3.05) is 12.0 Å². The SMILES string of the molecule is COc1ccc(CN2C(=O)N(Cc3ccc(C#N)cc3)c3ccccc3S2(=O)=O)cc1. The van der Waals surface area contributed by atoms with E-state index < -0.39 is 16.1 Å². The molecule has 0 aromatic heterocycles. The molecule has 0 atom stereocenters. The molecule has 1 heterocycles. The molecule has 156 valence electrons. The summed E-state index contributed by atoms with van der Waals surface area (Å²) < 4.78 is 32.5. The van der Waals surface area contributed by atoms with Crippen LogP contribution >= 0.6 is 0 Å². The van der Waals surface area contributed by atoms with Gasteiger partial charge < -0.3 is 4.74 Å². The predicted octanol–water partition coefficient (Wildman–Crippen LogP) is 3.90. The number of nitriles is 1. The van der Waals surface area contributed by atoms with Crippen LogP contribution in [0.15, 0.2) is 77.7 Å². The Labute approximate surface area is 180 Å². The first kappa shape index (κ1) is 20.4. The Kier molecular flexibility index (Phi) is 5.36. The van der Waals surface area contributed by atoms with E-state index in [2.05, 4.69) is 6.07 Å². The minimum Gasteiger partial charge on any atom is -0.497 e. The first-order chi connectivity index (χ1) is 14.9. The van der Waals surface area contributed by atoms with Crippen LogP contribution in [0.25, 0.3) is 0 Å². The van der Waals surface area contributed by atoms with Gasteiger partial charge in [-0.1, -0.05) is 36.4 Å². The number of hydrogen-bond acceptors (Lipinski definition) is 5. The molecule has 8 heteroatoms. The molecule has 0 aliphatic carbocycles. The molecule has 1 aliphatic rings. The van der Waals surface area contributed by atoms with Crippen LogP contribution < -0.4 is 9.64 Å². The second-order valence-corrected chi connectivity index (χ2v) is 8.84. The highest BCUT2D eigenvalue weighted by Gasteiger charge is 2.41. The van der Waals surface area contributed by atoms with E-state index in [0.29, 0.717) is 22.6 Å². The van der Waals surface area contributed by atoms with E-state index in [0.717, 1.165) is 9.87 Å². The third-order valence-electron chi connectivity index (χ3n) is 5.08. The zero-order valence-corrected chi connectivity index (χ0v) is 17.5. The van der Waals surface area contributed by atoms with Crippen LogP contribution in [0.1, 0.15) is 16.7 Å². The second kappa shape index (κ2) is 8.13. The average molecular weight is 433 g/mol. The summed E-state index contributed by atoms with van der Waals surface area (Å²) in [7, 11) is -2.47. The Bertz CT molecular complexity index is 1260. The second-order valence-electron chi connectivity index (χ2n) is 7.00. The van der Waals surface area contributed by atoms with Crippen molar-refractivity contribution >= 4 is 21.7 Å². The van der Waals surface area contributed by atoms with E-state index in [9.17, 15) is 13.2 Å². The van der Waals surface area contributed by atoms with Crippen LogP contribution in [0.3, 0.4) is 0 Å². The molecule has 0 fully saturated rings. The largest absolute Gasteiger partial charge is 0.497 e. The number of fused-ring (bicyclic) bond motifs is 1. The zero-order chi connectivity index (χ0) is 22.0. The van der Waals surface area contributed by atoms with Gasteiger partial charge >= 0.3 is 6.03 Å². The molecular formula is C23H19N3O4S. The lowest BCUT2D eigenvalue weighted by atomic mass is 10.1. The van der Waals surface area contributed by atoms with Crippen molar-refractivity contribution in [2.45, 2.75) is 18.0 Å². The Morgan fingerprint density at radius 2 is 1.52 bits per heavy atom. The predicted molar refractivity (Wildman–Crippen MR) is 115 cm³/mol. The number of ether oxygens (including phenoxy) is 1. The molecule has 0 unspecified atom stereocenters. The maximum atomic E-state index is 13.4. The molecule has 0 radical (unpaired) electrons. The van der Waals surface area contributed by atoms with Crippen LogP contribution in [0.5, 0.6) is 5.75 Å². The molecule has 0 spiro atoms. The van der Waals surface area contributed by atoms with Gasteiger partial charge in [0.15, 0.2) is 0 Å². The minimum atomic E-state index is -4.01. The maximum Gasteiger partial charge on any atom is 0.339 e. The first-order valence-corrected chi connectivity index (χ1v) is 10.9. The van der Waals surface area contributed by atoms with E-state index >= 15 is 0 Å². The van der Waals surface area contributed by atoms with Crippen LogP contribution in [-0.4, -0.2) is 25.9 Å². The lowest BCUT2D eigenvalue weighted by Crippen LogP contribution is -2.49. The number of benzene rings is 3. The highest BCUT2D eigenvalue weighted by Crippen LogP contribution is 2.36. The number of para-hydroxylation sites is 1. The number of nitrogens with zero attached hydrogens (tertiary/aromatic N) is 3. The number of sulfonamides is 1. The summed E-state index contributed by atoms with van der Waals surface area (Å²) in [6.07, 6.45) is 0. The normalized spacial score (nSPS) is 14.6. The molecule has 1 aliphatic heterocycles. The van der Waals surface area contributed by atoms with Gasteiger partial charge in [-0.2, -0.15) is 5.26 Å². The van der Waals surface area contributed by atoms with E-state index in [-0.39, 0.29) is 18.0 Å². The van der Waals surface area contributed by atoms with Gasteiger partial charge in [-0.05, 0) is 47.5 Å². The Balaban J connectivity index is 1.72. The highest BCUT2D eigenvalue weighted by molar-refractivity contribution is 7.90. The van der Waals surface area contributed by atoms with Crippen molar-refractivity contribution in [1.29, 1.82) is 5.26 Å². The van der Waals surface area contributed by atoms with E-state index in [4.69, 9.17) is 10.00 Å². The quantitative estimate of drug-likeness (QED) is 0.609. The fourth-order valence-corrected chi connectivity index (χ4v) is 4.98. The lowest BCUT2D eigenvalue weighted by molar-refractivity contribution is 0.226. The average Bonchev–Trinajstić information content (AvgIpc) is 2.80. The van der Waals surface area contributed by atoms with Crippen molar-refractivity contribution < 1.29 is 17.9 Å². The van der Waals surface area contributed by atoms with Crippen molar-refractivity contribution in [3.05, 3.63) is 89.5 Å². The number of amides is 2.